The molecular weight excluding hydrogens is 312 g/mol. The first-order valence-corrected chi connectivity index (χ1v) is 7.28. The van der Waals surface area contributed by atoms with Gasteiger partial charge in [-0.25, -0.2) is 0 Å². The van der Waals surface area contributed by atoms with Crippen LogP contribution in [-0.2, 0) is 22.9 Å². The molecule has 1 fully saturated rings. The summed E-state index contributed by atoms with van der Waals surface area (Å²) in [6.07, 6.45) is 1.76. The van der Waals surface area contributed by atoms with E-state index in [1.165, 1.54) is 0 Å². The summed E-state index contributed by atoms with van der Waals surface area (Å²) < 4.78 is 13.5. The molecule has 0 unspecified atom stereocenters. The summed E-state index contributed by atoms with van der Waals surface area (Å²) in [7, 11) is 1.85. The second-order valence-electron chi connectivity index (χ2n) is 4.84. The first-order valence-electron chi connectivity index (χ1n) is 6.49. The molecule has 1 aliphatic heterocycles. The van der Waals surface area contributed by atoms with Crippen molar-refractivity contribution in [3.63, 3.8) is 0 Å². The standard InChI is InChI=1S/C13H19BrN2O3/c1-4-9-11(14)12(15-16(9)3)10(17)5-6-13(2)18-7-8-19-13/h4-8H2,1-3H3. The second kappa shape index (κ2) is 5.73. The number of ketones is 1. The van der Waals surface area contributed by atoms with Gasteiger partial charge in [-0.3, -0.25) is 9.48 Å². The van der Waals surface area contributed by atoms with Crippen molar-refractivity contribution in [1.29, 1.82) is 0 Å². The molecule has 2 heterocycles. The highest BCUT2D eigenvalue weighted by Crippen LogP contribution is 2.27. The third kappa shape index (κ3) is 3.07. The second-order valence-corrected chi connectivity index (χ2v) is 5.63. The highest BCUT2D eigenvalue weighted by atomic mass is 79.9. The molecule has 0 saturated carbocycles. The van der Waals surface area contributed by atoms with E-state index in [2.05, 4.69) is 21.0 Å². The molecule has 1 aromatic rings. The topological polar surface area (TPSA) is 53.4 Å². The molecule has 0 aliphatic carbocycles. The van der Waals surface area contributed by atoms with Crippen LogP contribution in [0.3, 0.4) is 0 Å². The number of carbonyl (C=O) groups is 1. The van der Waals surface area contributed by atoms with Crippen LogP contribution in [0.25, 0.3) is 0 Å². The van der Waals surface area contributed by atoms with Crippen molar-refractivity contribution in [2.45, 2.75) is 38.9 Å². The van der Waals surface area contributed by atoms with E-state index in [-0.39, 0.29) is 5.78 Å². The van der Waals surface area contributed by atoms with E-state index in [0.717, 1.165) is 16.6 Å². The number of ether oxygens (including phenoxy) is 2. The number of halogens is 1. The quantitative estimate of drug-likeness (QED) is 0.778. The van der Waals surface area contributed by atoms with Crippen molar-refractivity contribution in [1.82, 2.24) is 9.78 Å². The van der Waals surface area contributed by atoms with Crippen LogP contribution in [0.2, 0.25) is 0 Å². The van der Waals surface area contributed by atoms with Crippen molar-refractivity contribution in [2.75, 3.05) is 13.2 Å². The Labute approximate surface area is 121 Å². The monoisotopic (exact) mass is 330 g/mol. The molecular formula is C13H19BrN2O3. The first-order chi connectivity index (χ1) is 8.97. The molecule has 1 saturated heterocycles. The van der Waals surface area contributed by atoms with E-state index < -0.39 is 5.79 Å². The molecule has 0 N–H and O–H groups in total. The lowest BCUT2D eigenvalue weighted by Crippen LogP contribution is -2.26. The Hall–Kier alpha value is -0.720. The molecule has 19 heavy (non-hydrogen) atoms. The lowest BCUT2D eigenvalue weighted by molar-refractivity contribution is -0.145. The van der Waals surface area contributed by atoms with Gasteiger partial charge < -0.3 is 9.47 Å². The maximum atomic E-state index is 12.2. The molecule has 2 rings (SSSR count). The van der Waals surface area contributed by atoms with Gasteiger partial charge in [0.05, 0.1) is 23.4 Å². The van der Waals surface area contributed by atoms with E-state index in [9.17, 15) is 4.79 Å². The van der Waals surface area contributed by atoms with Crippen LogP contribution in [0, 0.1) is 0 Å². The van der Waals surface area contributed by atoms with Gasteiger partial charge in [0.1, 0.15) is 5.69 Å². The molecule has 1 aromatic heterocycles. The molecule has 1 aliphatic rings. The number of nitrogens with zero attached hydrogens (tertiary/aromatic N) is 2. The molecule has 5 nitrogen and oxygen atoms in total. The fourth-order valence-electron chi connectivity index (χ4n) is 2.26. The Balaban J connectivity index is 2.04. The zero-order valence-corrected chi connectivity index (χ0v) is 13.1. The number of Topliss-reactive ketones (excluding diaryl/α,β-unsaturated/α-hetero) is 1. The minimum Gasteiger partial charge on any atom is -0.348 e. The van der Waals surface area contributed by atoms with Crippen molar-refractivity contribution in [3.8, 4) is 0 Å². The Morgan fingerprint density at radius 3 is 2.63 bits per heavy atom. The molecule has 0 bridgehead atoms. The van der Waals surface area contributed by atoms with Crippen molar-refractivity contribution in [2.24, 2.45) is 7.05 Å². The number of rotatable bonds is 5. The SMILES string of the molecule is CCc1c(Br)c(C(=O)CCC2(C)OCCO2)nn1C. The lowest BCUT2D eigenvalue weighted by atomic mass is 10.1. The number of aromatic nitrogens is 2. The predicted octanol–water partition coefficient (Wildman–Crippen LogP) is 2.47. The van der Waals surface area contributed by atoms with Gasteiger partial charge >= 0.3 is 0 Å². The number of carbonyl (C=O) groups excluding carboxylic acids is 1. The Morgan fingerprint density at radius 2 is 2.11 bits per heavy atom. The van der Waals surface area contributed by atoms with E-state index in [1.54, 1.807) is 4.68 Å². The summed E-state index contributed by atoms with van der Waals surface area (Å²) in [4.78, 5) is 12.2. The van der Waals surface area contributed by atoms with Gasteiger partial charge in [-0.15, -0.1) is 0 Å². The first kappa shape index (κ1) is 14.7. The third-order valence-corrected chi connectivity index (χ3v) is 4.24. The van der Waals surface area contributed by atoms with Gasteiger partial charge in [0.2, 0.25) is 0 Å². The van der Waals surface area contributed by atoms with Crippen molar-refractivity contribution < 1.29 is 14.3 Å². The molecule has 6 heteroatoms. The highest BCUT2D eigenvalue weighted by molar-refractivity contribution is 9.10. The molecule has 0 aromatic carbocycles. The summed E-state index contributed by atoms with van der Waals surface area (Å²) in [5.41, 5.74) is 1.53. The van der Waals surface area contributed by atoms with Crippen LogP contribution >= 0.6 is 15.9 Å². The van der Waals surface area contributed by atoms with Gasteiger partial charge in [-0.1, -0.05) is 6.92 Å². The number of aryl methyl sites for hydroxylation is 1. The van der Waals surface area contributed by atoms with Gasteiger partial charge in [-0.2, -0.15) is 5.10 Å². The van der Waals surface area contributed by atoms with Gasteiger partial charge in [0.25, 0.3) is 0 Å². The van der Waals surface area contributed by atoms with E-state index in [4.69, 9.17) is 9.47 Å². The fourth-order valence-corrected chi connectivity index (χ4v) is 3.09. The van der Waals surface area contributed by atoms with E-state index >= 15 is 0 Å². The average Bonchev–Trinajstić information content (AvgIpc) is 2.92. The Morgan fingerprint density at radius 1 is 1.47 bits per heavy atom. The zero-order valence-electron chi connectivity index (χ0n) is 11.5. The summed E-state index contributed by atoms with van der Waals surface area (Å²) >= 11 is 3.46. The predicted molar refractivity (Wildman–Crippen MR) is 74.2 cm³/mol. The van der Waals surface area contributed by atoms with Crippen LogP contribution in [-0.4, -0.2) is 34.6 Å². The molecule has 0 amide bonds. The van der Waals surface area contributed by atoms with Crippen molar-refractivity contribution >= 4 is 21.7 Å². The number of hydrogen-bond acceptors (Lipinski definition) is 4. The van der Waals surface area contributed by atoms with Gasteiger partial charge in [-0.05, 0) is 29.3 Å². The van der Waals surface area contributed by atoms with Crippen LogP contribution in [0.1, 0.15) is 42.9 Å². The van der Waals surface area contributed by atoms with Gasteiger partial charge in [0.15, 0.2) is 11.6 Å². The zero-order chi connectivity index (χ0) is 14.0. The van der Waals surface area contributed by atoms with Crippen LogP contribution in [0.5, 0.6) is 0 Å². The summed E-state index contributed by atoms with van der Waals surface area (Å²) in [6.45, 7) is 5.10. The molecule has 0 spiro atoms. The van der Waals surface area contributed by atoms with Crippen molar-refractivity contribution in [3.05, 3.63) is 15.9 Å². The normalized spacial score (nSPS) is 17.9. The number of hydrogen-bond donors (Lipinski definition) is 0. The maximum absolute atomic E-state index is 12.2. The van der Waals surface area contributed by atoms with E-state index in [0.29, 0.717) is 31.7 Å². The third-order valence-electron chi connectivity index (χ3n) is 3.41. The molecule has 106 valence electrons. The van der Waals surface area contributed by atoms with Gasteiger partial charge in [0, 0.05) is 19.9 Å². The van der Waals surface area contributed by atoms with Crippen LogP contribution in [0.4, 0.5) is 0 Å². The minimum absolute atomic E-state index is 0.0162. The summed E-state index contributed by atoms with van der Waals surface area (Å²) in [5, 5.41) is 4.29. The summed E-state index contributed by atoms with van der Waals surface area (Å²) in [6, 6.07) is 0. The van der Waals surface area contributed by atoms with E-state index in [1.807, 2.05) is 20.9 Å². The highest BCUT2D eigenvalue weighted by Gasteiger charge is 2.32. The average molecular weight is 331 g/mol. The van der Waals surface area contributed by atoms with Crippen LogP contribution < -0.4 is 0 Å². The smallest absolute Gasteiger partial charge is 0.184 e. The Bertz CT molecular complexity index is 478. The Kier molecular flexibility index (Phi) is 4.43. The largest absolute Gasteiger partial charge is 0.348 e. The maximum Gasteiger partial charge on any atom is 0.184 e. The fraction of sp³-hybridized carbons (Fsp3) is 0.692. The van der Waals surface area contributed by atoms with Crippen LogP contribution in [0.15, 0.2) is 4.47 Å². The minimum atomic E-state index is -0.621. The molecule has 0 atom stereocenters. The lowest BCUT2D eigenvalue weighted by Gasteiger charge is -2.21. The molecule has 0 radical (unpaired) electrons. The summed E-state index contributed by atoms with van der Waals surface area (Å²) in [5.74, 6) is -0.604.